The van der Waals surface area contributed by atoms with E-state index in [4.69, 9.17) is 4.74 Å². The number of nitrogens with one attached hydrogen (secondary N) is 1. The lowest BCUT2D eigenvalue weighted by atomic mass is 10.2. The molecule has 0 aliphatic carbocycles. The number of benzene rings is 1. The second-order valence-electron chi connectivity index (χ2n) is 5.35. The zero-order chi connectivity index (χ0) is 19.4. The standard InChI is InChI=1S/C15H18N2O6S3/c1-17(2)26(21,22)13-6-3-5-12(9-13)11-23-14(18)10-16-25(19,20)15-7-4-8-24-15/h3-9,16H,10-11H2,1-2H3. The summed E-state index contributed by atoms with van der Waals surface area (Å²) in [6, 6.07) is 9.01. The van der Waals surface area contributed by atoms with E-state index in [2.05, 4.69) is 4.72 Å². The number of thiophene rings is 1. The van der Waals surface area contributed by atoms with E-state index >= 15 is 0 Å². The molecule has 0 radical (unpaired) electrons. The number of carbonyl (C=O) groups is 1. The molecule has 0 bridgehead atoms. The van der Waals surface area contributed by atoms with Gasteiger partial charge in [-0.25, -0.2) is 21.1 Å². The van der Waals surface area contributed by atoms with Gasteiger partial charge in [0.15, 0.2) is 0 Å². The summed E-state index contributed by atoms with van der Waals surface area (Å²) >= 11 is 1.03. The molecule has 8 nitrogen and oxygen atoms in total. The summed E-state index contributed by atoms with van der Waals surface area (Å²) in [4.78, 5) is 11.8. The maximum absolute atomic E-state index is 12.1. The van der Waals surface area contributed by atoms with Crippen molar-refractivity contribution >= 4 is 37.4 Å². The zero-order valence-corrected chi connectivity index (χ0v) is 16.5. The van der Waals surface area contributed by atoms with Gasteiger partial charge in [-0.2, -0.15) is 4.72 Å². The van der Waals surface area contributed by atoms with Gasteiger partial charge in [0.05, 0.1) is 4.90 Å². The van der Waals surface area contributed by atoms with E-state index in [0.29, 0.717) is 5.56 Å². The molecule has 0 unspecified atom stereocenters. The molecule has 0 amide bonds. The van der Waals surface area contributed by atoms with Gasteiger partial charge in [0.2, 0.25) is 10.0 Å². The van der Waals surface area contributed by atoms with Crippen molar-refractivity contribution in [3.63, 3.8) is 0 Å². The number of ether oxygens (including phenoxy) is 1. The molecular formula is C15H18N2O6S3. The fraction of sp³-hybridized carbons (Fsp3) is 0.267. The van der Waals surface area contributed by atoms with Crippen molar-refractivity contribution in [2.45, 2.75) is 15.7 Å². The molecule has 1 aromatic carbocycles. The first-order valence-corrected chi connectivity index (χ1v) is 11.1. The molecule has 1 N–H and O–H groups in total. The zero-order valence-electron chi connectivity index (χ0n) is 14.1. The average molecular weight is 419 g/mol. The number of hydrogen-bond donors (Lipinski definition) is 1. The Hall–Kier alpha value is -1.79. The van der Waals surface area contributed by atoms with Gasteiger partial charge < -0.3 is 4.74 Å². The van der Waals surface area contributed by atoms with Crippen LogP contribution in [0.3, 0.4) is 0 Å². The number of rotatable bonds is 8. The summed E-state index contributed by atoms with van der Waals surface area (Å²) < 4.78 is 56.3. The molecule has 1 heterocycles. The maximum Gasteiger partial charge on any atom is 0.321 e. The van der Waals surface area contributed by atoms with Gasteiger partial charge in [-0.15, -0.1) is 11.3 Å². The van der Waals surface area contributed by atoms with E-state index < -0.39 is 32.6 Å². The highest BCUT2D eigenvalue weighted by molar-refractivity contribution is 7.91. The topological polar surface area (TPSA) is 110 Å². The SMILES string of the molecule is CN(C)S(=O)(=O)c1cccc(COC(=O)CNS(=O)(=O)c2cccs2)c1. The van der Waals surface area contributed by atoms with Gasteiger partial charge in [-0.05, 0) is 29.1 Å². The van der Waals surface area contributed by atoms with Crippen LogP contribution < -0.4 is 4.72 Å². The summed E-state index contributed by atoms with van der Waals surface area (Å²) in [6.45, 7) is -0.688. The predicted octanol–water partition coefficient (Wildman–Crippen LogP) is 1.02. The number of esters is 1. The lowest BCUT2D eigenvalue weighted by Crippen LogP contribution is -2.30. The Morgan fingerprint density at radius 2 is 1.88 bits per heavy atom. The minimum absolute atomic E-state index is 0.0782. The van der Waals surface area contributed by atoms with Crippen molar-refractivity contribution in [1.29, 1.82) is 0 Å². The van der Waals surface area contributed by atoms with Crippen LogP contribution in [0.15, 0.2) is 50.9 Å². The third kappa shape index (κ3) is 5.11. The van der Waals surface area contributed by atoms with Crippen LogP contribution in [0.25, 0.3) is 0 Å². The molecule has 2 rings (SSSR count). The third-order valence-corrected chi connectivity index (χ3v) is 7.85. The number of nitrogens with zero attached hydrogens (tertiary/aromatic N) is 1. The molecule has 0 saturated carbocycles. The molecular weight excluding hydrogens is 400 g/mol. The molecule has 1 aromatic heterocycles. The Morgan fingerprint density at radius 1 is 1.15 bits per heavy atom. The van der Waals surface area contributed by atoms with E-state index in [1.807, 2.05) is 0 Å². The second-order valence-corrected chi connectivity index (χ2v) is 10.4. The van der Waals surface area contributed by atoms with Crippen molar-refractivity contribution in [3.8, 4) is 0 Å². The summed E-state index contributed by atoms with van der Waals surface area (Å²) in [6.07, 6.45) is 0. The van der Waals surface area contributed by atoms with Gasteiger partial charge in [0.25, 0.3) is 10.0 Å². The summed E-state index contributed by atoms with van der Waals surface area (Å²) in [5.41, 5.74) is 0.474. The van der Waals surface area contributed by atoms with Gasteiger partial charge in [-0.1, -0.05) is 18.2 Å². The monoisotopic (exact) mass is 418 g/mol. The molecule has 26 heavy (non-hydrogen) atoms. The first-order valence-electron chi connectivity index (χ1n) is 7.33. The lowest BCUT2D eigenvalue weighted by molar-refractivity contribution is -0.143. The van der Waals surface area contributed by atoms with E-state index in [-0.39, 0.29) is 15.7 Å². The lowest BCUT2D eigenvalue weighted by Gasteiger charge is -2.12. The predicted molar refractivity (Wildman–Crippen MR) is 96.6 cm³/mol. The van der Waals surface area contributed by atoms with E-state index in [9.17, 15) is 21.6 Å². The van der Waals surface area contributed by atoms with Crippen LogP contribution in [0.1, 0.15) is 5.56 Å². The van der Waals surface area contributed by atoms with Crippen LogP contribution in [-0.2, 0) is 36.2 Å². The Morgan fingerprint density at radius 3 is 2.50 bits per heavy atom. The first-order chi connectivity index (χ1) is 12.1. The number of carbonyl (C=O) groups excluding carboxylic acids is 1. The average Bonchev–Trinajstić information content (AvgIpc) is 3.14. The van der Waals surface area contributed by atoms with Gasteiger partial charge >= 0.3 is 5.97 Å². The Labute approximate surface area is 156 Å². The molecule has 0 atom stereocenters. The summed E-state index contributed by atoms with van der Waals surface area (Å²) in [5, 5.41) is 1.61. The van der Waals surface area contributed by atoms with Crippen LogP contribution in [-0.4, -0.2) is 47.8 Å². The van der Waals surface area contributed by atoms with E-state index in [0.717, 1.165) is 15.6 Å². The molecule has 11 heteroatoms. The fourth-order valence-corrected chi connectivity index (χ4v) is 4.84. The van der Waals surface area contributed by atoms with E-state index in [1.165, 1.54) is 32.3 Å². The van der Waals surface area contributed by atoms with Gasteiger partial charge in [0.1, 0.15) is 17.4 Å². The van der Waals surface area contributed by atoms with Crippen molar-refractivity contribution in [3.05, 3.63) is 47.3 Å². The van der Waals surface area contributed by atoms with Gasteiger partial charge in [0, 0.05) is 14.1 Å². The Kier molecular flexibility index (Phi) is 6.53. The molecule has 0 spiro atoms. The van der Waals surface area contributed by atoms with Crippen LogP contribution in [0.5, 0.6) is 0 Å². The second kappa shape index (κ2) is 8.27. The first kappa shape index (κ1) is 20.5. The highest BCUT2D eigenvalue weighted by Crippen LogP contribution is 2.16. The summed E-state index contributed by atoms with van der Waals surface area (Å²) in [5.74, 6) is -0.772. The van der Waals surface area contributed by atoms with Crippen molar-refractivity contribution in [1.82, 2.24) is 9.03 Å². The third-order valence-electron chi connectivity index (χ3n) is 3.24. The Bertz CT molecular complexity index is 967. The maximum atomic E-state index is 12.1. The largest absolute Gasteiger partial charge is 0.460 e. The molecule has 0 aliphatic rings. The van der Waals surface area contributed by atoms with Crippen LogP contribution >= 0.6 is 11.3 Å². The highest BCUT2D eigenvalue weighted by atomic mass is 32.2. The number of hydrogen-bond acceptors (Lipinski definition) is 7. The van der Waals surface area contributed by atoms with Crippen LogP contribution in [0.2, 0.25) is 0 Å². The molecule has 142 valence electrons. The van der Waals surface area contributed by atoms with E-state index in [1.54, 1.807) is 23.6 Å². The quantitative estimate of drug-likeness (QED) is 0.641. The number of sulfonamides is 2. The molecule has 0 aliphatic heterocycles. The van der Waals surface area contributed by atoms with Crippen molar-refractivity contribution in [2.75, 3.05) is 20.6 Å². The van der Waals surface area contributed by atoms with Gasteiger partial charge in [-0.3, -0.25) is 4.79 Å². The smallest absolute Gasteiger partial charge is 0.321 e. The molecule has 2 aromatic rings. The molecule has 0 fully saturated rings. The minimum Gasteiger partial charge on any atom is -0.460 e. The molecule has 0 saturated heterocycles. The normalized spacial score (nSPS) is 12.3. The van der Waals surface area contributed by atoms with Crippen molar-refractivity contribution in [2.24, 2.45) is 0 Å². The van der Waals surface area contributed by atoms with Crippen LogP contribution in [0.4, 0.5) is 0 Å². The Balaban J connectivity index is 1.94. The summed E-state index contributed by atoms with van der Waals surface area (Å²) in [7, 11) is -4.50. The van der Waals surface area contributed by atoms with Crippen LogP contribution in [0, 0.1) is 0 Å². The highest BCUT2D eigenvalue weighted by Gasteiger charge is 2.18. The van der Waals surface area contributed by atoms with Crippen molar-refractivity contribution < 1.29 is 26.4 Å². The fourth-order valence-electron chi connectivity index (χ4n) is 1.86. The minimum atomic E-state index is -3.75.